The van der Waals surface area contributed by atoms with Crippen LogP contribution in [0.2, 0.25) is 0 Å². The van der Waals surface area contributed by atoms with Gasteiger partial charge >= 0.3 is 0 Å². The SMILES string of the molecule is O=C(N[C@H]1C[C@H]2CO[C@@H](C3CC3)CN2C1)c1ccc(N2CCOCC2)nc1. The monoisotopic (exact) mass is 372 g/mol. The lowest BCUT2D eigenvalue weighted by molar-refractivity contribution is -0.0581. The van der Waals surface area contributed by atoms with Gasteiger partial charge in [-0.2, -0.15) is 0 Å². The van der Waals surface area contributed by atoms with Gasteiger partial charge in [-0.3, -0.25) is 9.69 Å². The lowest BCUT2D eigenvalue weighted by Crippen LogP contribution is -2.47. The Morgan fingerprint density at radius 3 is 2.78 bits per heavy atom. The van der Waals surface area contributed by atoms with Crippen molar-refractivity contribution in [3.63, 3.8) is 0 Å². The van der Waals surface area contributed by atoms with Gasteiger partial charge in [-0.15, -0.1) is 0 Å². The molecule has 7 heteroatoms. The summed E-state index contributed by atoms with van der Waals surface area (Å²) in [7, 11) is 0. The van der Waals surface area contributed by atoms with Crippen LogP contribution in [0.5, 0.6) is 0 Å². The first-order valence-electron chi connectivity index (χ1n) is 10.2. The molecule has 0 aromatic carbocycles. The number of carbonyl (C=O) groups is 1. The Hall–Kier alpha value is -1.70. The van der Waals surface area contributed by atoms with Gasteiger partial charge in [0.25, 0.3) is 5.91 Å². The van der Waals surface area contributed by atoms with Crippen LogP contribution in [0.1, 0.15) is 29.6 Å². The number of fused-ring (bicyclic) bond motifs is 1. The molecular formula is C20H28N4O3. The number of aromatic nitrogens is 1. The first-order chi connectivity index (χ1) is 13.3. The minimum atomic E-state index is -0.0273. The van der Waals surface area contributed by atoms with Gasteiger partial charge in [0.1, 0.15) is 5.82 Å². The fourth-order valence-corrected chi connectivity index (χ4v) is 4.53. The van der Waals surface area contributed by atoms with Crippen molar-refractivity contribution in [1.29, 1.82) is 0 Å². The summed E-state index contributed by atoms with van der Waals surface area (Å²) in [5.74, 6) is 1.66. The van der Waals surface area contributed by atoms with E-state index in [4.69, 9.17) is 9.47 Å². The number of anilines is 1. The molecule has 1 aliphatic carbocycles. The highest BCUT2D eigenvalue weighted by atomic mass is 16.5. The van der Waals surface area contributed by atoms with Gasteiger partial charge < -0.3 is 19.7 Å². The molecule has 1 aromatic heterocycles. The van der Waals surface area contributed by atoms with Gasteiger partial charge in [-0.05, 0) is 37.3 Å². The van der Waals surface area contributed by atoms with Crippen molar-refractivity contribution in [3.8, 4) is 0 Å². The van der Waals surface area contributed by atoms with Crippen LogP contribution in [0.4, 0.5) is 5.82 Å². The van der Waals surface area contributed by atoms with Crippen LogP contribution in [0, 0.1) is 5.92 Å². The second-order valence-electron chi connectivity index (χ2n) is 8.23. The average molecular weight is 372 g/mol. The number of rotatable bonds is 4. The predicted molar refractivity (Wildman–Crippen MR) is 101 cm³/mol. The minimum absolute atomic E-state index is 0.0273. The van der Waals surface area contributed by atoms with E-state index in [1.165, 1.54) is 12.8 Å². The number of pyridine rings is 1. The quantitative estimate of drug-likeness (QED) is 0.847. The first-order valence-corrected chi connectivity index (χ1v) is 10.2. The molecule has 0 radical (unpaired) electrons. The fourth-order valence-electron chi connectivity index (χ4n) is 4.53. The van der Waals surface area contributed by atoms with Crippen molar-refractivity contribution in [2.24, 2.45) is 5.92 Å². The molecule has 5 rings (SSSR count). The number of carbonyl (C=O) groups excluding carboxylic acids is 1. The standard InChI is InChI=1S/C20H28N4O3/c25-20(15-3-4-19(21-10-15)23-5-7-26-8-6-23)22-16-9-17-13-27-18(14-1-2-14)12-24(17)11-16/h3-4,10,14,16-18H,1-2,5-9,11-13H2,(H,22,25)/t16-,17-,18+/m0/s1. The Morgan fingerprint density at radius 1 is 1.19 bits per heavy atom. The van der Waals surface area contributed by atoms with Crippen molar-refractivity contribution < 1.29 is 14.3 Å². The van der Waals surface area contributed by atoms with E-state index >= 15 is 0 Å². The zero-order chi connectivity index (χ0) is 18.2. The number of morpholine rings is 2. The second-order valence-corrected chi connectivity index (χ2v) is 8.23. The molecule has 3 aliphatic heterocycles. The maximum atomic E-state index is 12.6. The molecule has 3 atom stereocenters. The number of nitrogens with zero attached hydrogens (tertiary/aromatic N) is 3. The Kier molecular flexibility index (Phi) is 4.75. The zero-order valence-electron chi connectivity index (χ0n) is 15.7. The molecule has 0 spiro atoms. The average Bonchev–Trinajstić information content (AvgIpc) is 3.49. The highest BCUT2D eigenvalue weighted by Gasteiger charge is 2.42. The summed E-state index contributed by atoms with van der Waals surface area (Å²) in [6.07, 6.45) is 5.71. The molecule has 7 nitrogen and oxygen atoms in total. The number of hydrogen-bond acceptors (Lipinski definition) is 6. The normalized spacial score (nSPS) is 31.6. The van der Waals surface area contributed by atoms with Crippen LogP contribution in [-0.4, -0.2) is 80.0 Å². The summed E-state index contributed by atoms with van der Waals surface area (Å²) in [6, 6.07) is 4.46. The number of nitrogens with one attached hydrogen (secondary N) is 1. The van der Waals surface area contributed by atoms with Crippen LogP contribution < -0.4 is 10.2 Å². The third-order valence-electron chi connectivity index (χ3n) is 6.27. The first kappa shape index (κ1) is 17.4. The molecule has 3 saturated heterocycles. The lowest BCUT2D eigenvalue weighted by Gasteiger charge is -2.35. The largest absolute Gasteiger partial charge is 0.378 e. The summed E-state index contributed by atoms with van der Waals surface area (Å²) in [5.41, 5.74) is 0.629. The molecule has 0 unspecified atom stereocenters. The van der Waals surface area contributed by atoms with Gasteiger partial charge in [0.2, 0.25) is 0 Å². The molecule has 1 amide bonds. The van der Waals surface area contributed by atoms with E-state index in [1.54, 1.807) is 6.20 Å². The summed E-state index contributed by atoms with van der Waals surface area (Å²) in [6.45, 7) is 5.93. The molecule has 4 heterocycles. The zero-order valence-corrected chi connectivity index (χ0v) is 15.7. The fraction of sp³-hybridized carbons (Fsp3) is 0.700. The molecule has 146 valence electrons. The second kappa shape index (κ2) is 7.37. The van der Waals surface area contributed by atoms with E-state index in [9.17, 15) is 4.79 Å². The predicted octanol–water partition coefficient (Wildman–Crippen LogP) is 0.900. The molecule has 4 fully saturated rings. The van der Waals surface area contributed by atoms with Crippen molar-refractivity contribution in [1.82, 2.24) is 15.2 Å². The van der Waals surface area contributed by atoms with E-state index in [1.807, 2.05) is 12.1 Å². The van der Waals surface area contributed by atoms with E-state index in [2.05, 4.69) is 20.1 Å². The van der Waals surface area contributed by atoms with Gasteiger partial charge in [0.15, 0.2) is 0 Å². The lowest BCUT2D eigenvalue weighted by atomic mass is 10.1. The topological polar surface area (TPSA) is 66.9 Å². The minimum Gasteiger partial charge on any atom is -0.378 e. The number of ether oxygens (including phenoxy) is 2. The number of amides is 1. The Balaban J connectivity index is 1.16. The Labute approximate surface area is 160 Å². The van der Waals surface area contributed by atoms with Crippen molar-refractivity contribution in [2.45, 2.75) is 37.5 Å². The molecular weight excluding hydrogens is 344 g/mol. The Bertz CT molecular complexity index is 672. The molecule has 1 aromatic rings. The van der Waals surface area contributed by atoms with Crippen LogP contribution in [0.3, 0.4) is 0 Å². The van der Waals surface area contributed by atoms with Gasteiger partial charge in [0.05, 0.1) is 31.5 Å². The van der Waals surface area contributed by atoms with Gasteiger partial charge in [-0.1, -0.05) is 0 Å². The summed E-state index contributed by atoms with van der Waals surface area (Å²) >= 11 is 0. The van der Waals surface area contributed by atoms with E-state index in [-0.39, 0.29) is 11.9 Å². The van der Waals surface area contributed by atoms with E-state index < -0.39 is 0 Å². The number of hydrogen-bond donors (Lipinski definition) is 1. The molecule has 4 aliphatic rings. The summed E-state index contributed by atoms with van der Waals surface area (Å²) in [4.78, 5) is 21.8. The van der Waals surface area contributed by atoms with Gasteiger partial charge in [-0.25, -0.2) is 4.98 Å². The summed E-state index contributed by atoms with van der Waals surface area (Å²) in [5, 5.41) is 3.20. The smallest absolute Gasteiger partial charge is 0.253 e. The van der Waals surface area contributed by atoms with Crippen molar-refractivity contribution in [2.75, 3.05) is 50.9 Å². The van der Waals surface area contributed by atoms with Crippen molar-refractivity contribution >= 4 is 11.7 Å². The van der Waals surface area contributed by atoms with Gasteiger partial charge in [0, 0.05) is 44.5 Å². The Morgan fingerprint density at radius 2 is 2.04 bits per heavy atom. The maximum Gasteiger partial charge on any atom is 0.253 e. The van der Waals surface area contributed by atoms with Crippen LogP contribution in [0.15, 0.2) is 18.3 Å². The van der Waals surface area contributed by atoms with Crippen LogP contribution in [-0.2, 0) is 9.47 Å². The summed E-state index contributed by atoms with van der Waals surface area (Å²) < 4.78 is 11.4. The molecule has 1 N–H and O–H groups in total. The van der Waals surface area contributed by atoms with E-state index in [0.717, 1.165) is 64.2 Å². The maximum absolute atomic E-state index is 12.6. The third kappa shape index (κ3) is 3.81. The third-order valence-corrected chi connectivity index (χ3v) is 6.27. The molecule has 1 saturated carbocycles. The molecule has 27 heavy (non-hydrogen) atoms. The van der Waals surface area contributed by atoms with E-state index in [0.29, 0.717) is 17.7 Å². The van der Waals surface area contributed by atoms with Crippen LogP contribution >= 0.6 is 0 Å². The highest BCUT2D eigenvalue weighted by Crippen LogP contribution is 2.37. The van der Waals surface area contributed by atoms with Crippen molar-refractivity contribution in [3.05, 3.63) is 23.9 Å². The van der Waals surface area contributed by atoms with Crippen LogP contribution in [0.25, 0.3) is 0 Å². The highest BCUT2D eigenvalue weighted by molar-refractivity contribution is 5.94. The molecule has 0 bridgehead atoms.